The topological polar surface area (TPSA) is 94.5 Å². The molecule has 0 fully saturated rings. The first-order valence-electron chi connectivity index (χ1n) is 24.5. The van der Waals surface area contributed by atoms with Crippen LogP contribution in [0.25, 0.3) is 0 Å². The third-order valence-corrected chi connectivity index (χ3v) is 11.4. The normalized spacial score (nSPS) is 11.5. The molecule has 0 aliphatic rings. The van der Waals surface area contributed by atoms with Crippen molar-refractivity contribution in [3.63, 3.8) is 0 Å². The number of ether oxygens (including phenoxy) is 2. The smallest absolute Gasteiger partial charge is 0.335 e. The van der Waals surface area contributed by atoms with Crippen molar-refractivity contribution in [2.75, 3.05) is 33.9 Å². The summed E-state index contributed by atoms with van der Waals surface area (Å²) in [5.74, 6) is 1.01. The molecule has 57 heavy (non-hydrogen) atoms. The van der Waals surface area contributed by atoms with E-state index >= 15 is 0 Å². The summed E-state index contributed by atoms with van der Waals surface area (Å²) in [6.45, 7) is 11.0. The Morgan fingerprint density at radius 2 is 0.772 bits per heavy atom. The summed E-state index contributed by atoms with van der Waals surface area (Å²) < 4.78 is 11.3. The molecule has 0 amide bonds. The van der Waals surface area contributed by atoms with Crippen LogP contribution in [0.5, 0.6) is 0 Å². The van der Waals surface area contributed by atoms with E-state index in [1.165, 1.54) is 103 Å². The van der Waals surface area contributed by atoms with Crippen molar-refractivity contribution >= 4 is 23.6 Å². The third-order valence-electron chi connectivity index (χ3n) is 11.4. The van der Waals surface area contributed by atoms with Crippen molar-refractivity contribution in [3.8, 4) is 0 Å². The van der Waals surface area contributed by atoms with Gasteiger partial charge in [-0.25, -0.2) is 4.79 Å². The fourth-order valence-electron chi connectivity index (χ4n) is 7.60. The number of nitrogens with zero attached hydrogens (tertiary/aromatic N) is 2. The molecule has 336 valence electrons. The number of hydrogen-bond acceptors (Lipinski definition) is 8. The van der Waals surface area contributed by atoms with Crippen molar-refractivity contribution < 1.29 is 28.7 Å². The van der Waals surface area contributed by atoms with Gasteiger partial charge in [-0.3, -0.25) is 9.59 Å². The summed E-state index contributed by atoms with van der Waals surface area (Å²) in [4.78, 5) is 44.5. The molecular weight excluding hydrogens is 713 g/mol. The molecule has 0 unspecified atom stereocenters. The highest BCUT2D eigenvalue weighted by atomic mass is 16.7. The van der Waals surface area contributed by atoms with E-state index in [1.807, 2.05) is 14.1 Å². The van der Waals surface area contributed by atoms with E-state index in [9.17, 15) is 14.4 Å². The first-order valence-corrected chi connectivity index (χ1v) is 24.5. The molecule has 0 aromatic heterocycles. The van der Waals surface area contributed by atoms with Crippen molar-refractivity contribution in [2.24, 2.45) is 17.0 Å². The molecule has 0 aliphatic heterocycles. The molecule has 8 nitrogen and oxygen atoms in total. The number of carbonyl (C=O) groups is 3. The Morgan fingerprint density at radius 1 is 0.421 bits per heavy atom. The van der Waals surface area contributed by atoms with Crippen molar-refractivity contribution in [1.82, 2.24) is 4.90 Å². The second kappa shape index (κ2) is 42.2. The van der Waals surface area contributed by atoms with Gasteiger partial charge in [-0.2, -0.15) is 0 Å². The van der Waals surface area contributed by atoms with E-state index < -0.39 is 0 Å². The van der Waals surface area contributed by atoms with Crippen LogP contribution in [-0.4, -0.2) is 62.4 Å². The molecule has 0 radical (unpaired) electrons. The lowest BCUT2D eigenvalue weighted by molar-refractivity contribution is -0.145. The molecule has 0 atom stereocenters. The number of carbonyl (C=O) groups excluding carboxylic acids is 3. The Hall–Kier alpha value is -1.96. The highest BCUT2D eigenvalue weighted by Gasteiger charge is 2.13. The van der Waals surface area contributed by atoms with Gasteiger partial charge in [-0.05, 0) is 90.3 Å². The van der Waals surface area contributed by atoms with Crippen molar-refractivity contribution in [1.29, 1.82) is 0 Å². The number of esters is 2. The molecule has 0 spiro atoms. The lowest BCUT2D eigenvalue weighted by atomic mass is 9.92. The van der Waals surface area contributed by atoms with Gasteiger partial charge < -0.3 is 19.2 Å². The summed E-state index contributed by atoms with van der Waals surface area (Å²) in [6, 6.07) is 0. The van der Waals surface area contributed by atoms with Gasteiger partial charge in [-0.1, -0.05) is 174 Å². The highest BCUT2D eigenvalue weighted by Crippen LogP contribution is 2.23. The number of rotatable bonds is 43. The lowest BCUT2D eigenvalue weighted by Crippen LogP contribution is -2.14. The molecule has 0 aromatic carbocycles. The van der Waals surface area contributed by atoms with Gasteiger partial charge in [0.25, 0.3) is 0 Å². The van der Waals surface area contributed by atoms with E-state index in [0.29, 0.717) is 44.3 Å². The summed E-state index contributed by atoms with van der Waals surface area (Å²) in [5.41, 5.74) is 0.966. The van der Waals surface area contributed by atoms with Crippen LogP contribution in [0, 0.1) is 11.8 Å². The highest BCUT2D eigenvalue weighted by molar-refractivity contribution is 5.84. The van der Waals surface area contributed by atoms with Crippen LogP contribution in [-0.2, 0) is 28.7 Å². The third kappa shape index (κ3) is 39.3. The fraction of sp³-hybridized carbons (Fsp3) is 0.918. The zero-order valence-electron chi connectivity index (χ0n) is 38.7. The van der Waals surface area contributed by atoms with Gasteiger partial charge in [0.2, 0.25) is 0 Å². The van der Waals surface area contributed by atoms with Crippen LogP contribution >= 0.6 is 0 Å². The molecule has 0 bridgehead atoms. The average molecular weight is 807 g/mol. The zero-order valence-corrected chi connectivity index (χ0v) is 38.7. The molecule has 0 heterocycles. The van der Waals surface area contributed by atoms with Crippen molar-refractivity contribution in [2.45, 2.75) is 246 Å². The van der Waals surface area contributed by atoms with E-state index in [4.69, 9.17) is 14.3 Å². The first-order chi connectivity index (χ1) is 27.7. The minimum absolute atomic E-state index is 0.0488. The van der Waals surface area contributed by atoms with E-state index in [-0.39, 0.29) is 17.9 Å². The minimum atomic E-state index is -0.264. The maximum absolute atomic E-state index is 12.4. The summed E-state index contributed by atoms with van der Waals surface area (Å²) in [6.07, 6.45) is 36.3. The van der Waals surface area contributed by atoms with Gasteiger partial charge in [0.05, 0.1) is 18.9 Å². The van der Waals surface area contributed by atoms with Gasteiger partial charge in [0.1, 0.15) is 0 Å². The summed E-state index contributed by atoms with van der Waals surface area (Å²) in [7, 11) is 4.00. The monoisotopic (exact) mass is 807 g/mol. The standard InChI is InChI=1S/C49H94N2O6/c1-7-11-21-30-44(31-22-12-8-2)39-42-55-47(52)36-27-19-15-17-25-34-46(50-57-49(54)38-29-41-51(5)6)35-26-18-16-20-28-37-48(53)56-43-40-45(32-23-13-9-3)33-24-14-10-4/h44-45H,7-43H2,1-6H3. The average Bonchev–Trinajstić information content (AvgIpc) is 3.18. The molecular formula is C49H94N2O6. The second-order valence-corrected chi connectivity index (χ2v) is 17.3. The van der Waals surface area contributed by atoms with Gasteiger partial charge >= 0.3 is 17.9 Å². The minimum Gasteiger partial charge on any atom is -0.466 e. The Labute approximate surface area is 353 Å². The van der Waals surface area contributed by atoms with E-state index in [2.05, 4.69) is 37.8 Å². The Kier molecular flexibility index (Phi) is 40.7. The predicted molar refractivity (Wildman–Crippen MR) is 241 cm³/mol. The number of hydrogen-bond donors (Lipinski definition) is 0. The van der Waals surface area contributed by atoms with Gasteiger partial charge in [0.15, 0.2) is 0 Å². The molecule has 0 saturated heterocycles. The lowest BCUT2D eigenvalue weighted by Gasteiger charge is -2.16. The maximum atomic E-state index is 12.4. The molecule has 0 aromatic rings. The first kappa shape index (κ1) is 55.0. The molecule has 8 heteroatoms. The number of oxime groups is 1. The SMILES string of the molecule is CCCCCC(CCCCC)CCOC(=O)CCCCCCCC(CCCCCCCC(=O)OCCC(CCCCC)CCCCC)=NOC(=O)CCCN(C)C. The van der Waals surface area contributed by atoms with E-state index in [1.54, 1.807) is 0 Å². The molecule has 0 N–H and O–H groups in total. The largest absolute Gasteiger partial charge is 0.466 e. The van der Waals surface area contributed by atoms with Gasteiger partial charge in [-0.15, -0.1) is 0 Å². The van der Waals surface area contributed by atoms with Crippen molar-refractivity contribution in [3.05, 3.63) is 0 Å². The fourth-order valence-corrected chi connectivity index (χ4v) is 7.60. The predicted octanol–water partition coefficient (Wildman–Crippen LogP) is 14.1. The molecule has 0 saturated carbocycles. The van der Waals surface area contributed by atoms with Gasteiger partial charge in [0, 0.05) is 19.3 Å². The summed E-state index contributed by atoms with van der Waals surface area (Å²) >= 11 is 0. The van der Waals surface area contributed by atoms with Crippen LogP contribution in [0.4, 0.5) is 0 Å². The van der Waals surface area contributed by atoms with E-state index in [0.717, 1.165) is 109 Å². The Bertz CT molecular complexity index is 876. The molecule has 0 rings (SSSR count). The van der Waals surface area contributed by atoms with Crippen LogP contribution in [0.3, 0.4) is 0 Å². The quantitative estimate of drug-likeness (QED) is 0.0199. The molecule has 0 aliphatic carbocycles. The second-order valence-electron chi connectivity index (χ2n) is 17.3. The van der Waals surface area contributed by atoms with Crippen LogP contribution in [0.1, 0.15) is 246 Å². The number of unbranched alkanes of at least 4 members (excludes halogenated alkanes) is 16. The Balaban J connectivity index is 4.43. The Morgan fingerprint density at radius 3 is 1.14 bits per heavy atom. The summed E-state index contributed by atoms with van der Waals surface area (Å²) in [5, 5.41) is 4.33. The van der Waals surface area contributed by atoms with Crippen LogP contribution in [0.2, 0.25) is 0 Å². The zero-order chi connectivity index (χ0) is 42.0. The van der Waals surface area contributed by atoms with Crippen LogP contribution in [0.15, 0.2) is 5.16 Å². The maximum Gasteiger partial charge on any atom is 0.335 e. The van der Waals surface area contributed by atoms with Crippen LogP contribution < -0.4 is 0 Å².